The Morgan fingerprint density at radius 2 is 1.88 bits per heavy atom. The zero-order valence-corrected chi connectivity index (χ0v) is 16.0. The Labute approximate surface area is 159 Å². The highest BCUT2D eigenvalue weighted by Gasteiger charge is 2.26. The minimum absolute atomic E-state index is 0.0993. The third kappa shape index (κ3) is 5.18. The Kier molecular flexibility index (Phi) is 6.45. The Morgan fingerprint density at radius 3 is 2.50 bits per heavy atom. The monoisotopic (exact) mass is 370 g/mol. The van der Waals surface area contributed by atoms with Gasteiger partial charge in [-0.05, 0) is 42.2 Å². The summed E-state index contributed by atoms with van der Waals surface area (Å²) in [6.45, 7) is 3.13. The molecule has 1 aromatic carbocycles. The first kappa shape index (κ1) is 18.6. The normalized spacial score (nSPS) is 16.3. The van der Waals surface area contributed by atoms with E-state index in [4.69, 9.17) is 0 Å². The van der Waals surface area contributed by atoms with Gasteiger partial charge in [0.25, 0.3) is 0 Å². The van der Waals surface area contributed by atoms with E-state index in [2.05, 4.69) is 29.6 Å². The summed E-state index contributed by atoms with van der Waals surface area (Å²) >= 11 is 1.58. The zero-order valence-electron chi connectivity index (χ0n) is 15.2. The van der Waals surface area contributed by atoms with Crippen molar-refractivity contribution in [2.45, 2.75) is 38.6 Å². The lowest BCUT2D eigenvalue weighted by Crippen LogP contribution is -2.41. The van der Waals surface area contributed by atoms with Crippen LogP contribution in [0.5, 0.6) is 0 Å². The van der Waals surface area contributed by atoms with E-state index in [9.17, 15) is 9.59 Å². The van der Waals surface area contributed by atoms with Crippen molar-refractivity contribution in [3.05, 3.63) is 58.3 Å². The molecule has 2 amide bonds. The van der Waals surface area contributed by atoms with E-state index >= 15 is 0 Å². The van der Waals surface area contributed by atoms with Crippen molar-refractivity contribution in [2.75, 3.05) is 13.1 Å². The fourth-order valence-corrected chi connectivity index (χ4v) is 4.37. The van der Waals surface area contributed by atoms with Crippen LogP contribution < -0.4 is 5.32 Å². The molecule has 1 aromatic heterocycles. The summed E-state index contributed by atoms with van der Waals surface area (Å²) < 4.78 is 0. The van der Waals surface area contributed by atoms with E-state index in [1.165, 1.54) is 12.5 Å². The molecule has 26 heavy (non-hydrogen) atoms. The highest BCUT2D eigenvalue weighted by atomic mass is 32.1. The molecule has 138 valence electrons. The third-order valence-electron chi connectivity index (χ3n) is 4.98. The summed E-state index contributed by atoms with van der Waals surface area (Å²) in [5.74, 6) is 0.679. The Bertz CT molecular complexity index is 707. The first-order valence-corrected chi connectivity index (χ1v) is 10.1. The predicted octanol–water partition coefficient (Wildman–Crippen LogP) is 3.80. The smallest absolute Gasteiger partial charge is 0.225 e. The molecule has 4 nitrogen and oxygen atoms in total. The van der Waals surface area contributed by atoms with Gasteiger partial charge in [0.15, 0.2) is 0 Å². The summed E-state index contributed by atoms with van der Waals surface area (Å²) in [4.78, 5) is 27.2. The van der Waals surface area contributed by atoms with Crippen molar-refractivity contribution in [3.63, 3.8) is 0 Å². The quantitative estimate of drug-likeness (QED) is 0.841. The van der Waals surface area contributed by atoms with Gasteiger partial charge in [0, 0.05) is 24.9 Å². The number of nitrogens with one attached hydrogen (secondary N) is 1. The summed E-state index contributed by atoms with van der Waals surface area (Å²) in [5.41, 5.74) is 1.38. The molecule has 0 unspecified atom stereocenters. The maximum Gasteiger partial charge on any atom is 0.225 e. The molecule has 1 atom stereocenters. The van der Waals surface area contributed by atoms with Crippen molar-refractivity contribution in [2.24, 2.45) is 5.92 Å². The Hall–Kier alpha value is -2.14. The number of rotatable bonds is 6. The molecule has 1 fully saturated rings. The van der Waals surface area contributed by atoms with Gasteiger partial charge in [-0.2, -0.15) is 0 Å². The first-order chi connectivity index (χ1) is 12.6. The molecule has 5 heteroatoms. The van der Waals surface area contributed by atoms with Gasteiger partial charge in [-0.25, -0.2) is 0 Å². The fraction of sp³-hybridized carbons (Fsp3) is 0.429. The fourth-order valence-electron chi connectivity index (χ4n) is 3.60. The minimum Gasteiger partial charge on any atom is -0.348 e. The van der Waals surface area contributed by atoms with E-state index in [0.717, 1.165) is 37.2 Å². The Balaban J connectivity index is 1.51. The Morgan fingerprint density at radius 1 is 1.15 bits per heavy atom. The number of nitrogens with zero attached hydrogens (tertiary/aromatic N) is 1. The van der Waals surface area contributed by atoms with Gasteiger partial charge >= 0.3 is 0 Å². The maximum absolute atomic E-state index is 12.7. The van der Waals surface area contributed by atoms with Crippen LogP contribution in [0.4, 0.5) is 0 Å². The van der Waals surface area contributed by atoms with Crippen molar-refractivity contribution in [1.29, 1.82) is 0 Å². The minimum atomic E-state index is -0.220. The standard InChI is InChI=1S/C21H26N2O2S/c1-16(24)22-19(20-8-5-13-26-20)15-21(25)23-11-9-18(10-12-23)14-17-6-3-2-4-7-17/h2-8,13,18-19H,9-12,14-15H2,1H3,(H,22,24)/t19-/m1/s1. The third-order valence-corrected chi connectivity index (χ3v) is 5.96. The SMILES string of the molecule is CC(=O)N[C@H](CC(=O)N1CCC(Cc2ccccc2)CC1)c1cccs1. The molecule has 0 radical (unpaired) electrons. The van der Waals surface area contributed by atoms with E-state index in [1.54, 1.807) is 11.3 Å². The van der Waals surface area contributed by atoms with Crippen LogP contribution in [0.25, 0.3) is 0 Å². The van der Waals surface area contributed by atoms with E-state index < -0.39 is 0 Å². The lowest BCUT2D eigenvalue weighted by atomic mass is 9.90. The van der Waals surface area contributed by atoms with Crippen molar-refractivity contribution >= 4 is 23.2 Å². The number of carbonyl (C=O) groups is 2. The summed E-state index contributed by atoms with van der Waals surface area (Å²) in [6.07, 6.45) is 3.52. The molecule has 3 rings (SSSR count). The lowest BCUT2D eigenvalue weighted by molar-refractivity contribution is -0.133. The zero-order chi connectivity index (χ0) is 18.4. The summed E-state index contributed by atoms with van der Waals surface area (Å²) in [5, 5.41) is 4.89. The van der Waals surface area contributed by atoms with Crippen molar-refractivity contribution in [3.8, 4) is 0 Å². The second-order valence-corrected chi connectivity index (χ2v) is 7.97. The summed E-state index contributed by atoms with van der Waals surface area (Å²) in [7, 11) is 0. The van der Waals surface area contributed by atoms with Gasteiger partial charge in [0.1, 0.15) is 0 Å². The first-order valence-electron chi connectivity index (χ1n) is 9.24. The van der Waals surface area contributed by atoms with Crippen molar-refractivity contribution < 1.29 is 9.59 Å². The van der Waals surface area contributed by atoms with Gasteiger partial charge < -0.3 is 10.2 Å². The second-order valence-electron chi connectivity index (χ2n) is 6.99. The molecule has 2 aromatic rings. The maximum atomic E-state index is 12.7. The van der Waals surface area contributed by atoms with Gasteiger partial charge in [0.05, 0.1) is 12.5 Å². The van der Waals surface area contributed by atoms with Crippen LogP contribution in [0, 0.1) is 5.92 Å². The van der Waals surface area contributed by atoms with Gasteiger partial charge in [-0.15, -0.1) is 11.3 Å². The molecule has 0 aliphatic carbocycles. The molecule has 1 aliphatic heterocycles. The largest absolute Gasteiger partial charge is 0.348 e. The molecule has 0 bridgehead atoms. The lowest BCUT2D eigenvalue weighted by Gasteiger charge is -2.33. The molecule has 0 spiro atoms. The summed E-state index contributed by atoms with van der Waals surface area (Å²) in [6, 6.07) is 14.3. The van der Waals surface area contributed by atoms with Crippen LogP contribution >= 0.6 is 11.3 Å². The number of piperidine rings is 1. The van der Waals surface area contributed by atoms with Crippen LogP contribution in [0.3, 0.4) is 0 Å². The topological polar surface area (TPSA) is 49.4 Å². The number of thiophene rings is 1. The average molecular weight is 371 g/mol. The van der Waals surface area contributed by atoms with E-state index in [1.807, 2.05) is 28.5 Å². The average Bonchev–Trinajstić information content (AvgIpc) is 3.17. The van der Waals surface area contributed by atoms with Gasteiger partial charge in [0.2, 0.25) is 11.8 Å². The second kappa shape index (κ2) is 8.99. The van der Waals surface area contributed by atoms with Crippen LogP contribution in [-0.2, 0) is 16.0 Å². The van der Waals surface area contributed by atoms with Crippen LogP contribution in [0.1, 0.15) is 42.7 Å². The predicted molar refractivity (Wildman–Crippen MR) is 105 cm³/mol. The number of likely N-dealkylation sites (tertiary alicyclic amines) is 1. The number of amides is 2. The molecule has 2 heterocycles. The molecular formula is C21H26N2O2S. The van der Waals surface area contributed by atoms with Crippen molar-refractivity contribution in [1.82, 2.24) is 10.2 Å². The van der Waals surface area contributed by atoms with Crippen LogP contribution in [0.15, 0.2) is 47.8 Å². The molecule has 0 saturated carbocycles. The van der Waals surface area contributed by atoms with E-state index in [0.29, 0.717) is 12.3 Å². The molecule has 1 saturated heterocycles. The van der Waals surface area contributed by atoms with Gasteiger partial charge in [-0.3, -0.25) is 9.59 Å². The highest BCUT2D eigenvalue weighted by Crippen LogP contribution is 2.26. The number of hydrogen-bond donors (Lipinski definition) is 1. The number of hydrogen-bond acceptors (Lipinski definition) is 3. The van der Waals surface area contributed by atoms with Crippen LogP contribution in [-0.4, -0.2) is 29.8 Å². The number of benzene rings is 1. The molecule has 1 aliphatic rings. The molecule has 1 N–H and O–H groups in total. The number of carbonyl (C=O) groups excluding carboxylic acids is 2. The molecular weight excluding hydrogens is 344 g/mol. The van der Waals surface area contributed by atoms with Crippen LogP contribution in [0.2, 0.25) is 0 Å². The van der Waals surface area contributed by atoms with E-state index in [-0.39, 0.29) is 17.9 Å². The van der Waals surface area contributed by atoms with Gasteiger partial charge in [-0.1, -0.05) is 36.4 Å². The highest BCUT2D eigenvalue weighted by molar-refractivity contribution is 7.10.